The number of rotatable bonds is 3. The molecule has 30 heavy (non-hydrogen) atoms. The fourth-order valence-corrected chi connectivity index (χ4v) is 4.14. The van der Waals surface area contributed by atoms with E-state index in [4.69, 9.17) is 16.0 Å². The number of aryl methyl sites for hydroxylation is 1. The molecule has 1 aromatic heterocycles. The fourth-order valence-electron chi connectivity index (χ4n) is 3.98. The summed E-state index contributed by atoms with van der Waals surface area (Å²) in [6.07, 6.45) is 1.66. The Morgan fingerprint density at radius 2 is 1.83 bits per heavy atom. The highest BCUT2D eigenvalue weighted by Gasteiger charge is 2.42. The molecule has 4 rings (SSSR count). The van der Waals surface area contributed by atoms with Crippen LogP contribution in [0.5, 0.6) is 0 Å². The number of carbonyl (C=O) groups is 1. The van der Waals surface area contributed by atoms with E-state index in [1.807, 2.05) is 31.2 Å². The molecule has 3 aromatic rings. The molecule has 4 nitrogen and oxygen atoms in total. The van der Waals surface area contributed by atoms with Gasteiger partial charge in [-0.25, -0.2) is 0 Å². The summed E-state index contributed by atoms with van der Waals surface area (Å²) in [4.78, 5) is 28.3. The summed E-state index contributed by atoms with van der Waals surface area (Å²) in [6, 6.07) is 10.9. The maximum absolute atomic E-state index is 13.5. The third-order valence-electron chi connectivity index (χ3n) is 5.67. The molecule has 0 saturated heterocycles. The quantitative estimate of drug-likeness (QED) is 0.503. The monoisotopic (exact) mass is 421 g/mol. The Morgan fingerprint density at radius 1 is 1.17 bits per heavy atom. The van der Waals surface area contributed by atoms with Crippen molar-refractivity contribution in [1.29, 1.82) is 0 Å². The minimum atomic E-state index is -0.528. The highest BCUT2D eigenvalue weighted by Crippen LogP contribution is 2.39. The molecule has 154 valence electrons. The van der Waals surface area contributed by atoms with Crippen molar-refractivity contribution in [1.82, 2.24) is 4.90 Å². The Labute approximate surface area is 180 Å². The van der Waals surface area contributed by atoms with E-state index in [1.54, 1.807) is 23.1 Å². The zero-order valence-electron chi connectivity index (χ0n) is 17.6. The molecular formula is C25H24ClNO3. The lowest BCUT2D eigenvalue weighted by Crippen LogP contribution is -2.29. The molecule has 1 aliphatic rings. The van der Waals surface area contributed by atoms with Crippen molar-refractivity contribution in [3.63, 3.8) is 0 Å². The number of benzene rings is 2. The highest BCUT2D eigenvalue weighted by molar-refractivity contribution is 6.32. The summed E-state index contributed by atoms with van der Waals surface area (Å²) in [5.41, 5.74) is 3.34. The molecule has 0 saturated carbocycles. The zero-order chi connectivity index (χ0) is 21.8. The summed E-state index contributed by atoms with van der Waals surface area (Å²) in [5, 5.41) is 0.877. The van der Waals surface area contributed by atoms with Crippen LogP contribution in [0.1, 0.15) is 59.6 Å². The van der Waals surface area contributed by atoms with Crippen LogP contribution in [-0.4, -0.2) is 17.4 Å². The van der Waals surface area contributed by atoms with Crippen LogP contribution < -0.4 is 5.43 Å². The van der Waals surface area contributed by atoms with Crippen LogP contribution in [0.25, 0.3) is 11.0 Å². The zero-order valence-corrected chi connectivity index (χ0v) is 18.3. The Kier molecular flexibility index (Phi) is 4.86. The van der Waals surface area contributed by atoms with E-state index < -0.39 is 6.04 Å². The first-order chi connectivity index (χ1) is 14.1. The number of amides is 1. The first kappa shape index (κ1) is 20.4. The van der Waals surface area contributed by atoms with Gasteiger partial charge in [-0.2, -0.15) is 0 Å². The molecule has 0 bridgehead atoms. The van der Waals surface area contributed by atoms with E-state index >= 15 is 0 Å². The lowest BCUT2D eigenvalue weighted by molar-refractivity contribution is 0.0748. The SMILES string of the molecule is C=CCN1C(=O)c2oc3cc(C)c(Cl)cc3c(=O)c2C1c1ccc(C(C)(C)C)cc1. The third-order valence-corrected chi connectivity index (χ3v) is 6.07. The first-order valence-corrected chi connectivity index (χ1v) is 10.3. The average molecular weight is 422 g/mol. The number of nitrogens with zero attached hydrogens (tertiary/aromatic N) is 1. The van der Waals surface area contributed by atoms with Crippen LogP contribution in [0.15, 0.2) is 58.3 Å². The normalized spacial score (nSPS) is 16.2. The third kappa shape index (κ3) is 3.16. The maximum Gasteiger partial charge on any atom is 0.291 e. The van der Waals surface area contributed by atoms with Crippen molar-refractivity contribution in [2.24, 2.45) is 0 Å². The molecule has 1 unspecified atom stereocenters. The second-order valence-corrected chi connectivity index (χ2v) is 9.20. The summed E-state index contributed by atoms with van der Waals surface area (Å²) < 4.78 is 5.96. The van der Waals surface area contributed by atoms with Gasteiger partial charge in [0.2, 0.25) is 5.76 Å². The topological polar surface area (TPSA) is 50.5 Å². The van der Waals surface area contributed by atoms with Gasteiger partial charge in [-0.3, -0.25) is 9.59 Å². The summed E-state index contributed by atoms with van der Waals surface area (Å²) in [7, 11) is 0. The summed E-state index contributed by atoms with van der Waals surface area (Å²) >= 11 is 6.26. The number of hydrogen-bond acceptors (Lipinski definition) is 3. The van der Waals surface area contributed by atoms with Gasteiger partial charge in [-0.1, -0.05) is 62.7 Å². The van der Waals surface area contributed by atoms with E-state index in [0.29, 0.717) is 28.1 Å². The van der Waals surface area contributed by atoms with Crippen molar-refractivity contribution in [3.05, 3.63) is 92.3 Å². The molecule has 1 atom stereocenters. The smallest absolute Gasteiger partial charge is 0.291 e. The van der Waals surface area contributed by atoms with Gasteiger partial charge in [-0.15, -0.1) is 6.58 Å². The molecular weight excluding hydrogens is 398 g/mol. The van der Waals surface area contributed by atoms with Gasteiger partial charge in [-0.05, 0) is 41.2 Å². The van der Waals surface area contributed by atoms with Crippen molar-refractivity contribution in [3.8, 4) is 0 Å². The molecule has 1 aliphatic heterocycles. The fraction of sp³-hybridized carbons (Fsp3) is 0.280. The number of carbonyl (C=O) groups excluding carboxylic acids is 1. The highest BCUT2D eigenvalue weighted by atomic mass is 35.5. The standard InChI is InChI=1S/C25H24ClNO3/c1-6-11-27-21(15-7-9-16(10-8-15)25(3,4)5)20-22(28)17-13-18(26)14(2)12-19(17)30-23(20)24(27)29/h6-10,12-13,21H,1,11H2,2-5H3. The van der Waals surface area contributed by atoms with Gasteiger partial charge in [0.1, 0.15) is 5.58 Å². The minimum absolute atomic E-state index is 0.00652. The van der Waals surface area contributed by atoms with Crippen LogP contribution in [0.4, 0.5) is 0 Å². The first-order valence-electron chi connectivity index (χ1n) is 9.92. The summed E-state index contributed by atoms with van der Waals surface area (Å²) in [5.74, 6) is -0.206. The van der Waals surface area contributed by atoms with Gasteiger partial charge in [0.05, 0.1) is 17.0 Å². The average Bonchev–Trinajstić information content (AvgIpc) is 2.96. The van der Waals surface area contributed by atoms with E-state index in [0.717, 1.165) is 11.1 Å². The largest absolute Gasteiger partial charge is 0.450 e. The second-order valence-electron chi connectivity index (χ2n) is 8.79. The Bertz CT molecular complexity index is 1230. The molecule has 1 amide bonds. The molecule has 0 radical (unpaired) electrons. The Morgan fingerprint density at radius 3 is 2.43 bits per heavy atom. The van der Waals surface area contributed by atoms with E-state index in [1.165, 1.54) is 5.56 Å². The second kappa shape index (κ2) is 7.13. The number of hydrogen-bond donors (Lipinski definition) is 0. The predicted octanol–water partition coefficient (Wildman–Crippen LogP) is 5.78. The molecule has 0 spiro atoms. The molecule has 2 aromatic carbocycles. The lowest BCUT2D eigenvalue weighted by Gasteiger charge is -2.25. The van der Waals surface area contributed by atoms with Crippen LogP contribution in [0, 0.1) is 6.92 Å². The number of fused-ring (bicyclic) bond motifs is 2. The van der Waals surface area contributed by atoms with Crippen molar-refractivity contribution < 1.29 is 9.21 Å². The van der Waals surface area contributed by atoms with E-state index in [9.17, 15) is 9.59 Å². The minimum Gasteiger partial charge on any atom is -0.450 e. The van der Waals surface area contributed by atoms with E-state index in [2.05, 4.69) is 27.4 Å². The van der Waals surface area contributed by atoms with Crippen LogP contribution >= 0.6 is 11.6 Å². The molecule has 0 N–H and O–H groups in total. The molecule has 2 heterocycles. The number of halogens is 1. The van der Waals surface area contributed by atoms with Gasteiger partial charge in [0, 0.05) is 11.6 Å². The Hall–Kier alpha value is -2.85. The summed E-state index contributed by atoms with van der Waals surface area (Å²) in [6.45, 7) is 12.4. The van der Waals surface area contributed by atoms with Gasteiger partial charge < -0.3 is 9.32 Å². The van der Waals surface area contributed by atoms with Gasteiger partial charge >= 0.3 is 0 Å². The molecule has 0 aliphatic carbocycles. The van der Waals surface area contributed by atoms with Gasteiger partial charge in [0.25, 0.3) is 5.91 Å². The molecule has 5 heteroatoms. The molecule has 0 fully saturated rings. The van der Waals surface area contributed by atoms with Crippen LogP contribution in [-0.2, 0) is 5.41 Å². The van der Waals surface area contributed by atoms with Crippen molar-refractivity contribution in [2.45, 2.75) is 39.2 Å². The van der Waals surface area contributed by atoms with E-state index in [-0.39, 0.29) is 22.5 Å². The Balaban J connectivity index is 1.96. The maximum atomic E-state index is 13.5. The van der Waals surface area contributed by atoms with Crippen LogP contribution in [0.2, 0.25) is 5.02 Å². The lowest BCUT2D eigenvalue weighted by atomic mass is 9.86. The van der Waals surface area contributed by atoms with Crippen molar-refractivity contribution >= 4 is 28.5 Å². The van der Waals surface area contributed by atoms with Crippen molar-refractivity contribution in [2.75, 3.05) is 6.54 Å². The van der Waals surface area contributed by atoms with Crippen LogP contribution in [0.3, 0.4) is 0 Å². The predicted molar refractivity (Wildman–Crippen MR) is 120 cm³/mol. The van der Waals surface area contributed by atoms with Gasteiger partial charge in [0.15, 0.2) is 5.43 Å².